The zero-order valence-corrected chi connectivity index (χ0v) is 20.7. The van der Waals surface area contributed by atoms with Crippen molar-refractivity contribution in [1.82, 2.24) is 9.62 Å². The average Bonchev–Trinajstić information content (AvgIpc) is 3.09. The second-order valence-corrected chi connectivity index (χ2v) is 10.3. The molecule has 2 amide bonds. The maximum absolute atomic E-state index is 12.4. The number of ether oxygens (including phenoxy) is 1. The van der Waals surface area contributed by atoms with E-state index >= 15 is 0 Å². The Bertz CT molecular complexity index is 1440. The van der Waals surface area contributed by atoms with Crippen molar-refractivity contribution >= 4 is 38.5 Å². The molecular formula is C25H27N3O7S. The van der Waals surface area contributed by atoms with Crippen LogP contribution in [0.15, 0.2) is 48.5 Å². The number of hydrogen-bond acceptors (Lipinski definition) is 7. The van der Waals surface area contributed by atoms with Crippen LogP contribution in [-0.4, -0.2) is 62.6 Å². The highest BCUT2D eigenvalue weighted by molar-refractivity contribution is 7.92. The molecule has 0 spiro atoms. The average molecular weight is 514 g/mol. The summed E-state index contributed by atoms with van der Waals surface area (Å²) in [6, 6.07) is 13.4. The van der Waals surface area contributed by atoms with Gasteiger partial charge in [-0.1, -0.05) is 24.3 Å². The van der Waals surface area contributed by atoms with Crippen molar-refractivity contribution in [2.45, 2.75) is 19.3 Å². The molecule has 36 heavy (non-hydrogen) atoms. The number of aryl methyl sites for hydroxylation is 1. The lowest BCUT2D eigenvalue weighted by Gasteiger charge is -2.17. The van der Waals surface area contributed by atoms with Crippen molar-refractivity contribution in [3.05, 3.63) is 59.7 Å². The molecule has 0 aliphatic carbocycles. The summed E-state index contributed by atoms with van der Waals surface area (Å²) in [5.74, 6) is -1.03. The number of hydrogen-bond donors (Lipinski definition) is 3. The Labute approximate surface area is 208 Å². The number of anilines is 1. The van der Waals surface area contributed by atoms with Crippen LogP contribution in [0.25, 0.3) is 10.8 Å². The summed E-state index contributed by atoms with van der Waals surface area (Å²) in [4.78, 5) is 25.3. The van der Waals surface area contributed by atoms with E-state index in [0.717, 1.165) is 33.5 Å². The molecular weight excluding hydrogens is 486 g/mol. The van der Waals surface area contributed by atoms with E-state index in [1.807, 2.05) is 22.9 Å². The summed E-state index contributed by atoms with van der Waals surface area (Å²) >= 11 is 0. The van der Waals surface area contributed by atoms with Crippen molar-refractivity contribution < 1.29 is 33.0 Å². The number of rotatable bonds is 8. The molecule has 3 aromatic carbocycles. The highest BCUT2D eigenvalue weighted by Gasteiger charge is 2.35. The van der Waals surface area contributed by atoms with E-state index in [9.17, 15) is 28.2 Å². The van der Waals surface area contributed by atoms with Gasteiger partial charge in [0.1, 0.15) is 29.4 Å². The molecule has 1 heterocycles. The van der Waals surface area contributed by atoms with E-state index in [4.69, 9.17) is 4.74 Å². The molecule has 190 valence electrons. The minimum absolute atomic E-state index is 0.0422. The van der Waals surface area contributed by atoms with Gasteiger partial charge >= 0.3 is 10.2 Å². The Morgan fingerprint density at radius 3 is 2.53 bits per heavy atom. The fourth-order valence-corrected chi connectivity index (χ4v) is 5.19. The summed E-state index contributed by atoms with van der Waals surface area (Å²) < 4.78 is 32.9. The number of fused-ring (bicyclic) bond motifs is 1. The van der Waals surface area contributed by atoms with Crippen LogP contribution in [0.4, 0.5) is 5.69 Å². The molecule has 1 fully saturated rings. The molecule has 0 atom stereocenters. The lowest BCUT2D eigenvalue weighted by atomic mass is 10.0. The third-order valence-electron chi connectivity index (χ3n) is 5.83. The summed E-state index contributed by atoms with van der Waals surface area (Å²) in [6.45, 7) is -0.0290. The third-order valence-corrected chi connectivity index (χ3v) is 7.22. The predicted octanol–water partition coefficient (Wildman–Crippen LogP) is 2.54. The number of benzene rings is 3. The van der Waals surface area contributed by atoms with Gasteiger partial charge < -0.3 is 19.8 Å². The highest BCUT2D eigenvalue weighted by Crippen LogP contribution is 2.35. The van der Waals surface area contributed by atoms with Crippen LogP contribution < -0.4 is 13.8 Å². The zero-order chi connectivity index (χ0) is 26.0. The van der Waals surface area contributed by atoms with Crippen LogP contribution in [0.1, 0.15) is 28.8 Å². The predicted molar refractivity (Wildman–Crippen MR) is 135 cm³/mol. The first-order valence-electron chi connectivity index (χ1n) is 11.3. The van der Waals surface area contributed by atoms with E-state index < -0.39 is 16.1 Å². The van der Waals surface area contributed by atoms with Gasteiger partial charge in [-0.15, -0.1) is 0 Å². The van der Waals surface area contributed by atoms with Gasteiger partial charge in [-0.25, -0.2) is 9.03 Å². The summed E-state index contributed by atoms with van der Waals surface area (Å²) in [5, 5.41) is 21.9. The van der Waals surface area contributed by atoms with Gasteiger partial charge in [0.05, 0.1) is 12.3 Å². The van der Waals surface area contributed by atoms with E-state index in [-0.39, 0.29) is 35.2 Å². The van der Waals surface area contributed by atoms with Gasteiger partial charge in [-0.2, -0.15) is 8.42 Å². The number of phenolic OH excluding ortho intramolecular Hbond substituents is 2. The summed E-state index contributed by atoms with van der Waals surface area (Å²) in [7, 11) is -0.822. The molecule has 0 unspecified atom stereocenters. The number of nitrogens with zero attached hydrogens (tertiary/aromatic N) is 2. The molecule has 11 heteroatoms. The smallest absolute Gasteiger partial charge is 0.326 e. The second-order valence-electron chi connectivity index (χ2n) is 8.71. The number of amides is 2. The van der Waals surface area contributed by atoms with E-state index in [2.05, 4.69) is 0 Å². The van der Waals surface area contributed by atoms with Gasteiger partial charge in [-0.3, -0.25) is 9.59 Å². The molecule has 1 aliphatic rings. The molecule has 0 radical (unpaired) electrons. The first kappa shape index (κ1) is 25.1. The molecule has 1 saturated heterocycles. The van der Waals surface area contributed by atoms with Crippen molar-refractivity contribution in [3.63, 3.8) is 0 Å². The number of phenols is 2. The number of carbonyl (C=O) groups is 2. The Kier molecular flexibility index (Phi) is 6.93. The minimum atomic E-state index is -4.03. The SMILES string of the molecule is CN(C)C(=O)c1c(O)cccc1OCCCCc1ccc2cc(O)c(N3CC(=O)NS3(=O)=O)cc2c1. The van der Waals surface area contributed by atoms with Gasteiger partial charge in [0.15, 0.2) is 0 Å². The van der Waals surface area contributed by atoms with Gasteiger partial charge in [-0.05, 0) is 59.9 Å². The normalized spacial score (nSPS) is 14.6. The topological polar surface area (TPSA) is 136 Å². The van der Waals surface area contributed by atoms with Crippen LogP contribution in [-0.2, 0) is 21.4 Å². The molecule has 0 aromatic heterocycles. The van der Waals surface area contributed by atoms with Crippen LogP contribution >= 0.6 is 0 Å². The molecule has 0 bridgehead atoms. The quantitative estimate of drug-likeness (QED) is 0.394. The van der Waals surface area contributed by atoms with Crippen LogP contribution in [0.5, 0.6) is 17.2 Å². The third kappa shape index (κ3) is 5.15. The maximum Gasteiger partial charge on any atom is 0.326 e. The highest BCUT2D eigenvalue weighted by atomic mass is 32.2. The standard InChI is InChI=1S/C25H27N3O7S/c1-27(2)25(32)24-20(29)7-5-8-22(24)35-11-4-3-6-16-9-10-17-14-21(30)19(13-18(17)12-16)28-15-23(31)26-36(28,33)34/h5,7-10,12-14,29-30H,3-4,6,11,15H2,1-2H3,(H,26,31). The van der Waals surface area contributed by atoms with Crippen LogP contribution in [0.2, 0.25) is 0 Å². The van der Waals surface area contributed by atoms with Crippen molar-refractivity contribution in [2.75, 3.05) is 31.6 Å². The molecule has 10 nitrogen and oxygen atoms in total. The van der Waals surface area contributed by atoms with Crippen LogP contribution in [0, 0.1) is 0 Å². The zero-order valence-electron chi connectivity index (χ0n) is 19.9. The van der Waals surface area contributed by atoms with Crippen molar-refractivity contribution in [2.24, 2.45) is 0 Å². The molecule has 4 rings (SSSR count). The largest absolute Gasteiger partial charge is 0.507 e. The van der Waals surface area contributed by atoms with Gasteiger partial charge in [0.2, 0.25) is 0 Å². The fraction of sp³-hybridized carbons (Fsp3) is 0.280. The number of aromatic hydroxyl groups is 2. The van der Waals surface area contributed by atoms with E-state index in [0.29, 0.717) is 18.8 Å². The van der Waals surface area contributed by atoms with Crippen LogP contribution in [0.3, 0.4) is 0 Å². The van der Waals surface area contributed by atoms with E-state index in [1.54, 1.807) is 32.3 Å². The monoisotopic (exact) mass is 513 g/mol. The summed E-state index contributed by atoms with van der Waals surface area (Å²) in [6.07, 6.45) is 2.20. The first-order chi connectivity index (χ1) is 17.1. The Morgan fingerprint density at radius 1 is 1.06 bits per heavy atom. The van der Waals surface area contributed by atoms with Gasteiger partial charge in [0.25, 0.3) is 11.8 Å². The first-order valence-corrected chi connectivity index (χ1v) is 12.8. The van der Waals surface area contributed by atoms with Gasteiger partial charge in [0, 0.05) is 14.1 Å². The number of carbonyl (C=O) groups excluding carboxylic acids is 2. The number of nitrogens with one attached hydrogen (secondary N) is 1. The summed E-state index contributed by atoms with van der Waals surface area (Å²) in [5.41, 5.74) is 1.19. The fourth-order valence-electron chi connectivity index (χ4n) is 4.03. The lowest BCUT2D eigenvalue weighted by Crippen LogP contribution is -2.29. The molecule has 3 N–H and O–H groups in total. The van der Waals surface area contributed by atoms with Crippen molar-refractivity contribution in [1.29, 1.82) is 0 Å². The second kappa shape index (κ2) is 9.94. The Balaban J connectivity index is 1.41. The minimum Gasteiger partial charge on any atom is -0.507 e. The maximum atomic E-state index is 12.4. The molecule has 1 aliphatic heterocycles. The molecule has 0 saturated carbocycles. The lowest BCUT2D eigenvalue weighted by molar-refractivity contribution is -0.117. The number of unbranched alkanes of at least 4 members (excludes halogenated alkanes) is 1. The van der Waals surface area contributed by atoms with Crippen molar-refractivity contribution in [3.8, 4) is 17.2 Å². The van der Waals surface area contributed by atoms with E-state index in [1.165, 1.54) is 17.0 Å². The Morgan fingerprint density at radius 2 is 1.83 bits per heavy atom. The Hall–Kier alpha value is -3.99. The molecule has 3 aromatic rings.